The predicted molar refractivity (Wildman–Crippen MR) is 121 cm³/mol. The molecule has 0 saturated heterocycles. The van der Waals surface area contributed by atoms with Gasteiger partial charge in [0, 0.05) is 16.7 Å². The molecule has 3 aromatic rings. The molecule has 0 radical (unpaired) electrons. The van der Waals surface area contributed by atoms with Crippen LogP contribution in [0.1, 0.15) is 62.0 Å². The molecule has 1 amide bonds. The van der Waals surface area contributed by atoms with E-state index in [2.05, 4.69) is 5.32 Å². The second-order valence-corrected chi connectivity index (χ2v) is 7.50. The standard InChI is InChI=1S/C25H20N2O6/c1-2-3-14-33-20-11-7-6-10-19(20)26-25(30)18-13-12-17-21(22(18)27(31)32)24(29)16-9-5-4-8-15(16)23(17)28/h4-13H,2-3,14H2,1H3,(H,26,30). The summed E-state index contributed by atoms with van der Waals surface area (Å²) in [5.74, 6) is -1.51. The Hall–Kier alpha value is -4.33. The lowest BCUT2D eigenvalue weighted by Crippen LogP contribution is -2.24. The van der Waals surface area contributed by atoms with E-state index >= 15 is 0 Å². The van der Waals surface area contributed by atoms with Gasteiger partial charge in [-0.15, -0.1) is 0 Å². The highest BCUT2D eigenvalue weighted by atomic mass is 16.6. The topological polar surface area (TPSA) is 116 Å². The number of nitro benzene ring substituents is 1. The van der Waals surface area contributed by atoms with Gasteiger partial charge < -0.3 is 10.1 Å². The van der Waals surface area contributed by atoms with Crippen LogP contribution in [0.4, 0.5) is 11.4 Å². The predicted octanol–water partition coefficient (Wildman–Crippen LogP) is 4.80. The van der Waals surface area contributed by atoms with Crippen LogP contribution in [0.15, 0.2) is 60.7 Å². The van der Waals surface area contributed by atoms with E-state index in [4.69, 9.17) is 4.74 Å². The van der Waals surface area contributed by atoms with Crippen molar-refractivity contribution in [3.8, 4) is 5.75 Å². The van der Waals surface area contributed by atoms with Crippen molar-refractivity contribution in [3.63, 3.8) is 0 Å². The zero-order valence-corrected chi connectivity index (χ0v) is 17.8. The number of nitrogens with zero attached hydrogens (tertiary/aromatic N) is 1. The molecule has 0 bridgehead atoms. The third kappa shape index (κ3) is 3.98. The molecule has 8 nitrogen and oxygen atoms in total. The number of carbonyl (C=O) groups is 3. The summed E-state index contributed by atoms with van der Waals surface area (Å²) in [5, 5.41) is 14.6. The molecule has 0 atom stereocenters. The summed E-state index contributed by atoms with van der Waals surface area (Å²) < 4.78 is 5.71. The van der Waals surface area contributed by atoms with Gasteiger partial charge in [-0.05, 0) is 30.7 Å². The molecule has 1 N–H and O–H groups in total. The first-order valence-electron chi connectivity index (χ1n) is 10.5. The highest BCUT2D eigenvalue weighted by Gasteiger charge is 2.38. The number of carbonyl (C=O) groups excluding carboxylic acids is 3. The first-order valence-corrected chi connectivity index (χ1v) is 10.5. The molecule has 33 heavy (non-hydrogen) atoms. The Balaban J connectivity index is 1.75. The molecule has 0 aliphatic heterocycles. The molecular formula is C25H20N2O6. The third-order valence-electron chi connectivity index (χ3n) is 5.38. The van der Waals surface area contributed by atoms with Gasteiger partial charge in [-0.25, -0.2) is 0 Å². The Morgan fingerprint density at radius 3 is 2.30 bits per heavy atom. The van der Waals surface area contributed by atoms with Gasteiger partial charge in [0.05, 0.1) is 17.2 Å². The van der Waals surface area contributed by atoms with Gasteiger partial charge in [0.1, 0.15) is 16.9 Å². The third-order valence-corrected chi connectivity index (χ3v) is 5.38. The van der Waals surface area contributed by atoms with E-state index < -0.39 is 28.1 Å². The number of nitro groups is 1. The minimum atomic E-state index is -0.795. The summed E-state index contributed by atoms with van der Waals surface area (Å²) in [4.78, 5) is 50.3. The molecule has 166 valence electrons. The SMILES string of the molecule is CCCCOc1ccccc1NC(=O)c1ccc2c(c1[N+](=O)[O-])C(=O)c1ccccc1C2=O. The minimum absolute atomic E-state index is 0.0744. The van der Waals surface area contributed by atoms with E-state index in [1.165, 1.54) is 24.3 Å². The van der Waals surface area contributed by atoms with Gasteiger partial charge >= 0.3 is 0 Å². The lowest BCUT2D eigenvalue weighted by Gasteiger charge is -2.18. The zero-order valence-electron chi connectivity index (χ0n) is 17.8. The summed E-state index contributed by atoms with van der Waals surface area (Å²) >= 11 is 0. The number of ketones is 2. The Morgan fingerprint density at radius 2 is 1.61 bits per heavy atom. The average Bonchev–Trinajstić information content (AvgIpc) is 2.82. The number of anilines is 1. The molecule has 0 saturated carbocycles. The van der Waals surface area contributed by atoms with Gasteiger partial charge in [-0.2, -0.15) is 0 Å². The van der Waals surface area contributed by atoms with E-state index in [1.54, 1.807) is 36.4 Å². The first-order chi connectivity index (χ1) is 15.9. The van der Waals surface area contributed by atoms with Crippen LogP contribution in [0.3, 0.4) is 0 Å². The smallest absolute Gasteiger partial charge is 0.294 e. The van der Waals surface area contributed by atoms with Crippen LogP contribution in [-0.4, -0.2) is 29.0 Å². The van der Waals surface area contributed by atoms with Crippen molar-refractivity contribution >= 4 is 28.8 Å². The number of para-hydroxylation sites is 2. The maximum Gasteiger partial charge on any atom is 0.294 e. The molecular weight excluding hydrogens is 424 g/mol. The normalized spacial score (nSPS) is 12.0. The maximum absolute atomic E-state index is 13.1. The molecule has 4 rings (SSSR count). The quantitative estimate of drug-likeness (QED) is 0.249. The summed E-state index contributed by atoms with van der Waals surface area (Å²) in [6.07, 6.45) is 1.77. The van der Waals surface area contributed by atoms with Crippen LogP contribution >= 0.6 is 0 Å². The minimum Gasteiger partial charge on any atom is -0.491 e. The molecule has 0 heterocycles. The van der Waals surface area contributed by atoms with Crippen LogP contribution in [0.5, 0.6) is 5.75 Å². The Morgan fingerprint density at radius 1 is 0.939 bits per heavy atom. The average molecular weight is 444 g/mol. The monoisotopic (exact) mass is 444 g/mol. The van der Waals surface area contributed by atoms with E-state index in [-0.39, 0.29) is 27.8 Å². The lowest BCUT2D eigenvalue weighted by molar-refractivity contribution is -0.385. The van der Waals surface area contributed by atoms with Gasteiger partial charge in [0.25, 0.3) is 11.6 Å². The van der Waals surface area contributed by atoms with Crippen LogP contribution in [0.2, 0.25) is 0 Å². The van der Waals surface area contributed by atoms with E-state index in [9.17, 15) is 24.5 Å². The maximum atomic E-state index is 13.1. The van der Waals surface area contributed by atoms with Gasteiger partial charge in [0.2, 0.25) is 5.78 Å². The van der Waals surface area contributed by atoms with Crippen molar-refractivity contribution < 1.29 is 24.0 Å². The highest BCUT2D eigenvalue weighted by Crippen LogP contribution is 2.36. The van der Waals surface area contributed by atoms with Gasteiger partial charge in [-0.1, -0.05) is 49.7 Å². The summed E-state index contributed by atoms with van der Waals surface area (Å²) in [5.41, 5.74) is -0.873. The second kappa shape index (κ2) is 9.04. The Bertz CT molecular complexity index is 1300. The molecule has 1 aliphatic rings. The van der Waals surface area contributed by atoms with Crippen LogP contribution < -0.4 is 10.1 Å². The summed E-state index contributed by atoms with van der Waals surface area (Å²) in [7, 11) is 0. The van der Waals surface area contributed by atoms with Crippen molar-refractivity contribution in [1.82, 2.24) is 0 Å². The molecule has 8 heteroatoms. The van der Waals surface area contributed by atoms with Gasteiger partial charge in [0.15, 0.2) is 5.78 Å². The molecule has 3 aromatic carbocycles. The van der Waals surface area contributed by atoms with Crippen molar-refractivity contribution in [1.29, 1.82) is 0 Å². The number of fused-ring (bicyclic) bond motifs is 2. The fraction of sp³-hybridized carbons (Fsp3) is 0.160. The zero-order chi connectivity index (χ0) is 23.5. The van der Waals surface area contributed by atoms with Crippen LogP contribution in [0.25, 0.3) is 0 Å². The lowest BCUT2D eigenvalue weighted by atomic mass is 9.82. The number of nitrogens with one attached hydrogen (secondary N) is 1. The molecule has 0 fully saturated rings. The van der Waals surface area contributed by atoms with Crippen molar-refractivity contribution in [2.45, 2.75) is 19.8 Å². The van der Waals surface area contributed by atoms with Crippen LogP contribution in [0, 0.1) is 10.1 Å². The van der Waals surface area contributed by atoms with E-state index in [0.717, 1.165) is 12.8 Å². The fourth-order valence-electron chi connectivity index (χ4n) is 3.75. The van der Waals surface area contributed by atoms with Crippen molar-refractivity contribution in [2.24, 2.45) is 0 Å². The number of amides is 1. The number of benzene rings is 3. The number of ether oxygens (including phenoxy) is 1. The largest absolute Gasteiger partial charge is 0.491 e. The second-order valence-electron chi connectivity index (χ2n) is 7.50. The number of unbranched alkanes of at least 4 members (excludes halogenated alkanes) is 1. The van der Waals surface area contributed by atoms with E-state index in [0.29, 0.717) is 18.0 Å². The Kier molecular flexibility index (Phi) is 5.99. The van der Waals surface area contributed by atoms with Crippen molar-refractivity contribution in [2.75, 3.05) is 11.9 Å². The number of hydrogen-bond donors (Lipinski definition) is 1. The van der Waals surface area contributed by atoms with Gasteiger partial charge in [-0.3, -0.25) is 24.5 Å². The highest BCUT2D eigenvalue weighted by molar-refractivity contribution is 6.30. The summed E-state index contributed by atoms with van der Waals surface area (Å²) in [6.45, 7) is 2.48. The number of hydrogen-bond acceptors (Lipinski definition) is 6. The van der Waals surface area contributed by atoms with E-state index in [1.807, 2.05) is 6.92 Å². The van der Waals surface area contributed by atoms with Crippen molar-refractivity contribution in [3.05, 3.63) is 98.6 Å². The first kappa shape index (κ1) is 21.9. The molecule has 0 unspecified atom stereocenters. The van der Waals surface area contributed by atoms with Crippen LogP contribution in [-0.2, 0) is 0 Å². The summed E-state index contributed by atoms with van der Waals surface area (Å²) in [6, 6.07) is 15.4. The number of rotatable bonds is 7. The Labute approximate surface area is 189 Å². The fourth-order valence-corrected chi connectivity index (χ4v) is 3.75. The molecule has 1 aliphatic carbocycles. The molecule has 0 spiro atoms. The molecule has 0 aromatic heterocycles.